The molecule has 0 aliphatic carbocycles. The molecular weight excluding hydrogens is 401 g/mol. The number of carboxylic acid groups (broad SMARTS) is 1. The van der Waals surface area contributed by atoms with E-state index in [1.165, 1.54) is 11.0 Å². The van der Waals surface area contributed by atoms with E-state index in [0.29, 0.717) is 43.3 Å². The van der Waals surface area contributed by atoms with Crippen molar-refractivity contribution in [3.8, 4) is 16.9 Å². The summed E-state index contributed by atoms with van der Waals surface area (Å²) in [6.07, 6.45) is -2.54. The summed E-state index contributed by atoms with van der Waals surface area (Å²) in [7, 11) is 0. The van der Waals surface area contributed by atoms with E-state index in [4.69, 9.17) is 5.41 Å². The molecule has 0 radical (unpaired) electrons. The van der Waals surface area contributed by atoms with Gasteiger partial charge < -0.3 is 14.7 Å². The summed E-state index contributed by atoms with van der Waals surface area (Å²) in [4.78, 5) is 23.5. The molecule has 0 heterocycles. The lowest BCUT2D eigenvalue weighted by atomic mass is 9.99. The van der Waals surface area contributed by atoms with Crippen molar-refractivity contribution in [2.75, 3.05) is 6.54 Å². The van der Waals surface area contributed by atoms with Gasteiger partial charge in [0.2, 0.25) is 6.41 Å². The van der Waals surface area contributed by atoms with Crippen molar-refractivity contribution in [3.05, 3.63) is 53.6 Å². The molecule has 0 saturated heterocycles. The molecule has 2 N–H and O–H groups in total. The maximum atomic E-state index is 12.4. The fourth-order valence-corrected chi connectivity index (χ4v) is 2.89. The van der Waals surface area contributed by atoms with Gasteiger partial charge in [0.05, 0.1) is 0 Å². The highest BCUT2D eigenvalue weighted by Gasteiger charge is 2.33. The third-order valence-electron chi connectivity index (χ3n) is 4.42. The van der Waals surface area contributed by atoms with Crippen LogP contribution in [0.2, 0.25) is 0 Å². The molecule has 160 valence electrons. The van der Waals surface area contributed by atoms with Crippen LogP contribution in [0.25, 0.3) is 11.1 Å². The van der Waals surface area contributed by atoms with Crippen LogP contribution in [0, 0.1) is 5.41 Å². The van der Waals surface area contributed by atoms with Crippen LogP contribution < -0.4 is 4.74 Å². The van der Waals surface area contributed by atoms with Gasteiger partial charge in [0.25, 0.3) is 0 Å². The van der Waals surface area contributed by atoms with Crippen molar-refractivity contribution in [1.82, 2.24) is 4.90 Å². The number of halogens is 3. The SMILES string of the molecule is CCN(C=O)C(=N)CCCc1ccc(-c2ccc(OC(F)(F)F)c(C(=O)O)c2)cc1. The summed E-state index contributed by atoms with van der Waals surface area (Å²) >= 11 is 0. The third-order valence-corrected chi connectivity index (χ3v) is 4.42. The number of carbonyl (C=O) groups excluding carboxylic acids is 1. The molecule has 6 nitrogen and oxygen atoms in total. The number of ether oxygens (including phenoxy) is 1. The molecule has 2 aromatic rings. The van der Waals surface area contributed by atoms with E-state index in [1.807, 2.05) is 12.1 Å². The number of amidine groups is 1. The lowest BCUT2D eigenvalue weighted by Crippen LogP contribution is -2.28. The molecule has 0 fully saturated rings. The Morgan fingerprint density at radius 2 is 1.80 bits per heavy atom. The Morgan fingerprint density at radius 3 is 2.33 bits per heavy atom. The van der Waals surface area contributed by atoms with Crippen LogP contribution in [0.5, 0.6) is 5.75 Å². The highest BCUT2D eigenvalue weighted by atomic mass is 19.4. The second-order valence-electron chi connectivity index (χ2n) is 6.45. The van der Waals surface area contributed by atoms with Crippen LogP contribution >= 0.6 is 0 Å². The number of rotatable bonds is 9. The Balaban J connectivity index is 2.09. The van der Waals surface area contributed by atoms with Crippen LogP contribution in [0.4, 0.5) is 13.2 Å². The van der Waals surface area contributed by atoms with Gasteiger partial charge in [-0.15, -0.1) is 13.2 Å². The van der Waals surface area contributed by atoms with Crippen molar-refractivity contribution in [2.24, 2.45) is 0 Å². The summed E-state index contributed by atoms with van der Waals surface area (Å²) in [6.45, 7) is 2.24. The van der Waals surface area contributed by atoms with Gasteiger partial charge in [-0.05, 0) is 48.6 Å². The average molecular weight is 422 g/mol. The monoisotopic (exact) mass is 422 g/mol. The quantitative estimate of drug-likeness (QED) is 0.347. The number of hydrogen-bond acceptors (Lipinski definition) is 4. The predicted molar refractivity (Wildman–Crippen MR) is 105 cm³/mol. The first-order valence-corrected chi connectivity index (χ1v) is 9.16. The normalized spacial score (nSPS) is 11.1. The molecule has 30 heavy (non-hydrogen) atoms. The second-order valence-corrected chi connectivity index (χ2v) is 6.45. The Hall–Kier alpha value is -3.36. The average Bonchev–Trinajstić information content (AvgIpc) is 2.68. The van der Waals surface area contributed by atoms with Crippen LogP contribution in [0.15, 0.2) is 42.5 Å². The summed E-state index contributed by atoms with van der Waals surface area (Å²) < 4.78 is 41.1. The van der Waals surface area contributed by atoms with Crippen molar-refractivity contribution in [3.63, 3.8) is 0 Å². The minimum Gasteiger partial charge on any atom is -0.478 e. The summed E-state index contributed by atoms with van der Waals surface area (Å²) in [5.74, 6) is -2.03. The molecule has 0 bridgehead atoms. The number of alkyl halides is 3. The first kappa shape index (κ1) is 22.9. The molecule has 9 heteroatoms. The topological polar surface area (TPSA) is 90.7 Å². The van der Waals surface area contributed by atoms with Gasteiger partial charge >= 0.3 is 12.3 Å². The van der Waals surface area contributed by atoms with Crippen molar-refractivity contribution in [1.29, 1.82) is 5.41 Å². The zero-order valence-electron chi connectivity index (χ0n) is 16.2. The van der Waals surface area contributed by atoms with Gasteiger partial charge in [0, 0.05) is 13.0 Å². The summed E-state index contributed by atoms with van der Waals surface area (Å²) in [5, 5.41) is 17.1. The largest absolute Gasteiger partial charge is 0.573 e. The number of amides is 1. The van der Waals surface area contributed by atoms with Crippen LogP contribution in [0.3, 0.4) is 0 Å². The van der Waals surface area contributed by atoms with Crippen LogP contribution in [0.1, 0.15) is 35.7 Å². The van der Waals surface area contributed by atoms with Crippen LogP contribution in [-0.2, 0) is 11.2 Å². The third kappa shape index (κ3) is 6.33. The number of hydrogen-bond donors (Lipinski definition) is 2. The van der Waals surface area contributed by atoms with E-state index in [9.17, 15) is 27.9 Å². The number of nitrogens with one attached hydrogen (secondary N) is 1. The molecule has 0 spiro atoms. The first-order chi connectivity index (χ1) is 14.1. The first-order valence-electron chi connectivity index (χ1n) is 9.16. The molecule has 2 rings (SSSR count). The lowest BCUT2D eigenvalue weighted by molar-refractivity contribution is -0.274. The number of nitrogens with zero attached hydrogens (tertiary/aromatic N) is 1. The van der Waals surface area contributed by atoms with Gasteiger partial charge in [-0.1, -0.05) is 30.3 Å². The van der Waals surface area contributed by atoms with E-state index >= 15 is 0 Å². The summed E-state index contributed by atoms with van der Waals surface area (Å²) in [5.41, 5.74) is 1.49. The molecule has 0 aliphatic rings. The van der Waals surface area contributed by atoms with E-state index in [1.54, 1.807) is 19.1 Å². The Labute approximate surface area is 171 Å². The molecule has 2 aromatic carbocycles. The van der Waals surface area contributed by atoms with E-state index in [2.05, 4.69) is 4.74 Å². The second kappa shape index (κ2) is 9.91. The lowest BCUT2D eigenvalue weighted by Gasteiger charge is -2.15. The van der Waals surface area contributed by atoms with Gasteiger partial charge in [-0.2, -0.15) is 0 Å². The van der Waals surface area contributed by atoms with Gasteiger partial charge in [-0.3, -0.25) is 10.2 Å². The van der Waals surface area contributed by atoms with Crippen molar-refractivity contribution >= 4 is 18.2 Å². The molecule has 0 aliphatic heterocycles. The van der Waals surface area contributed by atoms with Gasteiger partial charge in [0.1, 0.15) is 17.1 Å². The van der Waals surface area contributed by atoms with E-state index in [-0.39, 0.29) is 5.84 Å². The Morgan fingerprint density at radius 1 is 1.17 bits per heavy atom. The van der Waals surface area contributed by atoms with Crippen LogP contribution in [-0.4, -0.2) is 41.1 Å². The van der Waals surface area contributed by atoms with Crippen molar-refractivity contribution in [2.45, 2.75) is 32.5 Å². The fraction of sp³-hybridized carbons (Fsp3) is 0.286. The summed E-state index contributed by atoms with van der Waals surface area (Å²) in [6, 6.07) is 10.6. The highest BCUT2D eigenvalue weighted by molar-refractivity contribution is 5.92. The number of benzene rings is 2. The van der Waals surface area contributed by atoms with E-state index < -0.39 is 23.6 Å². The molecule has 0 unspecified atom stereocenters. The van der Waals surface area contributed by atoms with Gasteiger partial charge in [0.15, 0.2) is 0 Å². The molecule has 0 atom stereocenters. The minimum absolute atomic E-state index is 0.256. The smallest absolute Gasteiger partial charge is 0.478 e. The predicted octanol–water partition coefficient (Wildman–Crippen LogP) is 4.73. The minimum atomic E-state index is -4.98. The number of aromatic carboxylic acids is 1. The fourth-order valence-electron chi connectivity index (χ4n) is 2.89. The van der Waals surface area contributed by atoms with Crippen molar-refractivity contribution < 1.29 is 32.6 Å². The molecule has 0 saturated carbocycles. The number of aryl methyl sites for hydroxylation is 1. The number of carboxylic acids is 1. The maximum absolute atomic E-state index is 12.4. The van der Waals surface area contributed by atoms with E-state index in [0.717, 1.165) is 17.7 Å². The Bertz CT molecular complexity index is 911. The maximum Gasteiger partial charge on any atom is 0.573 e. The highest BCUT2D eigenvalue weighted by Crippen LogP contribution is 2.31. The van der Waals surface area contributed by atoms with Gasteiger partial charge in [-0.25, -0.2) is 4.79 Å². The molecule has 0 aromatic heterocycles. The standard InChI is InChI=1S/C21H21F3N2O4/c1-2-26(13-27)19(25)5-3-4-14-6-8-15(9-7-14)16-10-11-18(30-21(22,23)24)17(12-16)20(28)29/h6-13,25H,2-5H2,1H3,(H,28,29). The zero-order chi connectivity index (χ0) is 22.3. The Kier molecular flexibility index (Phi) is 7.57. The number of carbonyl (C=O) groups is 2. The molecule has 1 amide bonds. The zero-order valence-corrected chi connectivity index (χ0v) is 16.2. The molecular formula is C21H21F3N2O4.